The summed E-state index contributed by atoms with van der Waals surface area (Å²) >= 11 is 0. The lowest BCUT2D eigenvalue weighted by atomic mass is 10.1. The van der Waals surface area contributed by atoms with Crippen LogP contribution in [-0.4, -0.2) is 16.1 Å². The van der Waals surface area contributed by atoms with Crippen molar-refractivity contribution in [2.45, 2.75) is 20.8 Å². The summed E-state index contributed by atoms with van der Waals surface area (Å²) in [5.74, 6) is -0.245. The van der Waals surface area contributed by atoms with Crippen LogP contribution in [0.1, 0.15) is 27.3 Å². The standard InChI is InChI=1S/C14H15N3O/c1-9-4-6-12(8-10(9)2)15-14(18)13-7-5-11(3)16-17-13/h4-8H,1-3H3,(H,15,18). The van der Waals surface area contributed by atoms with E-state index in [4.69, 9.17) is 0 Å². The number of nitrogens with zero attached hydrogens (tertiary/aromatic N) is 2. The highest BCUT2D eigenvalue weighted by molar-refractivity contribution is 6.02. The Balaban J connectivity index is 2.16. The Morgan fingerprint density at radius 3 is 2.39 bits per heavy atom. The lowest BCUT2D eigenvalue weighted by molar-refractivity contribution is 0.102. The average molecular weight is 241 g/mol. The molecule has 4 nitrogen and oxygen atoms in total. The first-order chi connectivity index (χ1) is 8.56. The fourth-order valence-electron chi connectivity index (χ4n) is 1.53. The van der Waals surface area contributed by atoms with Gasteiger partial charge in [0, 0.05) is 5.69 Å². The summed E-state index contributed by atoms with van der Waals surface area (Å²) in [7, 11) is 0. The van der Waals surface area contributed by atoms with Crippen molar-refractivity contribution >= 4 is 11.6 Å². The summed E-state index contributed by atoms with van der Waals surface area (Å²) < 4.78 is 0. The molecule has 92 valence electrons. The Kier molecular flexibility index (Phi) is 3.37. The van der Waals surface area contributed by atoms with Gasteiger partial charge in [-0.05, 0) is 56.2 Å². The van der Waals surface area contributed by atoms with E-state index in [-0.39, 0.29) is 5.91 Å². The molecule has 0 aliphatic heterocycles. The molecule has 0 saturated carbocycles. The molecule has 2 rings (SSSR count). The van der Waals surface area contributed by atoms with Crippen LogP contribution in [0.3, 0.4) is 0 Å². The van der Waals surface area contributed by atoms with Gasteiger partial charge in [-0.3, -0.25) is 4.79 Å². The molecule has 18 heavy (non-hydrogen) atoms. The van der Waals surface area contributed by atoms with Gasteiger partial charge in [-0.2, -0.15) is 5.10 Å². The van der Waals surface area contributed by atoms with Crippen molar-refractivity contribution in [3.05, 3.63) is 52.8 Å². The van der Waals surface area contributed by atoms with Gasteiger partial charge in [0.2, 0.25) is 0 Å². The molecule has 1 N–H and O–H groups in total. The van der Waals surface area contributed by atoms with Gasteiger partial charge in [-0.25, -0.2) is 0 Å². The Hall–Kier alpha value is -2.23. The van der Waals surface area contributed by atoms with Crippen molar-refractivity contribution in [1.29, 1.82) is 0 Å². The van der Waals surface area contributed by atoms with E-state index in [0.29, 0.717) is 5.69 Å². The quantitative estimate of drug-likeness (QED) is 0.879. The Labute approximate surface area is 106 Å². The molecule has 1 aromatic heterocycles. The first-order valence-electron chi connectivity index (χ1n) is 5.75. The molecule has 0 spiro atoms. The van der Waals surface area contributed by atoms with E-state index < -0.39 is 0 Å². The van der Waals surface area contributed by atoms with Gasteiger partial charge in [-0.15, -0.1) is 5.10 Å². The molecule has 1 aromatic carbocycles. The molecule has 0 atom stereocenters. The lowest BCUT2D eigenvalue weighted by Crippen LogP contribution is -2.14. The third-order valence-corrected chi connectivity index (χ3v) is 2.80. The lowest BCUT2D eigenvalue weighted by Gasteiger charge is -2.07. The SMILES string of the molecule is Cc1ccc(C(=O)Nc2ccc(C)c(C)c2)nn1. The van der Waals surface area contributed by atoms with Crippen LogP contribution in [0.4, 0.5) is 5.69 Å². The van der Waals surface area contributed by atoms with E-state index in [0.717, 1.165) is 16.9 Å². The number of carbonyl (C=O) groups is 1. The number of anilines is 1. The summed E-state index contributed by atoms with van der Waals surface area (Å²) in [6, 6.07) is 9.23. The summed E-state index contributed by atoms with van der Waals surface area (Å²) in [6.07, 6.45) is 0. The maximum atomic E-state index is 11.9. The van der Waals surface area contributed by atoms with E-state index >= 15 is 0 Å². The molecule has 0 unspecified atom stereocenters. The highest BCUT2D eigenvalue weighted by Crippen LogP contribution is 2.14. The number of benzene rings is 1. The van der Waals surface area contributed by atoms with Crippen molar-refractivity contribution in [1.82, 2.24) is 10.2 Å². The van der Waals surface area contributed by atoms with E-state index in [1.165, 1.54) is 5.56 Å². The van der Waals surface area contributed by atoms with Crippen LogP contribution in [0.2, 0.25) is 0 Å². The molecule has 0 saturated heterocycles. The summed E-state index contributed by atoms with van der Waals surface area (Å²) in [5, 5.41) is 10.5. The van der Waals surface area contributed by atoms with Crippen LogP contribution in [0, 0.1) is 20.8 Å². The zero-order valence-corrected chi connectivity index (χ0v) is 10.7. The van der Waals surface area contributed by atoms with Crippen LogP contribution in [-0.2, 0) is 0 Å². The van der Waals surface area contributed by atoms with E-state index in [9.17, 15) is 4.79 Å². The molecule has 0 aliphatic carbocycles. The van der Waals surface area contributed by atoms with Crippen LogP contribution in [0.5, 0.6) is 0 Å². The minimum absolute atomic E-state index is 0.245. The average Bonchev–Trinajstić information content (AvgIpc) is 2.34. The van der Waals surface area contributed by atoms with Gasteiger partial charge in [0.25, 0.3) is 5.91 Å². The van der Waals surface area contributed by atoms with Gasteiger partial charge in [0.15, 0.2) is 5.69 Å². The fraction of sp³-hybridized carbons (Fsp3) is 0.214. The van der Waals surface area contributed by atoms with E-state index in [1.807, 2.05) is 39.0 Å². The van der Waals surface area contributed by atoms with Crippen molar-refractivity contribution in [3.8, 4) is 0 Å². The Bertz CT molecular complexity index is 576. The van der Waals surface area contributed by atoms with Gasteiger partial charge < -0.3 is 5.32 Å². The maximum absolute atomic E-state index is 11.9. The molecule has 1 heterocycles. The number of rotatable bonds is 2. The highest BCUT2D eigenvalue weighted by atomic mass is 16.1. The largest absolute Gasteiger partial charge is 0.321 e. The van der Waals surface area contributed by atoms with E-state index in [1.54, 1.807) is 12.1 Å². The first-order valence-corrected chi connectivity index (χ1v) is 5.75. The minimum atomic E-state index is -0.245. The molecule has 4 heteroatoms. The van der Waals surface area contributed by atoms with Crippen molar-refractivity contribution in [2.75, 3.05) is 5.32 Å². The van der Waals surface area contributed by atoms with Crippen LogP contribution < -0.4 is 5.32 Å². The Morgan fingerprint density at radius 1 is 1.00 bits per heavy atom. The number of hydrogen-bond donors (Lipinski definition) is 1. The smallest absolute Gasteiger partial charge is 0.276 e. The normalized spacial score (nSPS) is 10.2. The molecule has 0 aliphatic rings. The van der Waals surface area contributed by atoms with Crippen molar-refractivity contribution in [2.24, 2.45) is 0 Å². The van der Waals surface area contributed by atoms with Gasteiger partial charge in [0.05, 0.1) is 5.69 Å². The second kappa shape index (κ2) is 4.96. The van der Waals surface area contributed by atoms with Crippen LogP contribution in [0.25, 0.3) is 0 Å². The monoisotopic (exact) mass is 241 g/mol. The number of nitrogens with one attached hydrogen (secondary N) is 1. The number of aryl methyl sites for hydroxylation is 3. The number of hydrogen-bond acceptors (Lipinski definition) is 3. The highest BCUT2D eigenvalue weighted by Gasteiger charge is 2.08. The van der Waals surface area contributed by atoms with Gasteiger partial charge >= 0.3 is 0 Å². The molecular weight excluding hydrogens is 226 g/mol. The van der Waals surface area contributed by atoms with Gasteiger partial charge in [-0.1, -0.05) is 6.07 Å². The third kappa shape index (κ3) is 2.71. The topological polar surface area (TPSA) is 54.9 Å². The number of aromatic nitrogens is 2. The van der Waals surface area contributed by atoms with Crippen LogP contribution >= 0.6 is 0 Å². The van der Waals surface area contributed by atoms with Gasteiger partial charge in [0.1, 0.15) is 0 Å². The summed E-state index contributed by atoms with van der Waals surface area (Å²) in [4.78, 5) is 11.9. The molecule has 2 aromatic rings. The molecule has 0 fully saturated rings. The number of amides is 1. The maximum Gasteiger partial charge on any atom is 0.276 e. The third-order valence-electron chi connectivity index (χ3n) is 2.80. The molecule has 0 bridgehead atoms. The van der Waals surface area contributed by atoms with Crippen molar-refractivity contribution < 1.29 is 4.79 Å². The predicted octanol–water partition coefficient (Wildman–Crippen LogP) is 2.65. The van der Waals surface area contributed by atoms with Crippen LogP contribution in [0.15, 0.2) is 30.3 Å². The number of carbonyl (C=O) groups excluding carboxylic acids is 1. The molecule has 0 radical (unpaired) electrons. The predicted molar refractivity (Wildman–Crippen MR) is 70.6 cm³/mol. The molecular formula is C14H15N3O. The zero-order valence-electron chi connectivity index (χ0n) is 10.7. The van der Waals surface area contributed by atoms with Crippen molar-refractivity contribution in [3.63, 3.8) is 0 Å². The van der Waals surface area contributed by atoms with E-state index in [2.05, 4.69) is 15.5 Å². The minimum Gasteiger partial charge on any atom is -0.321 e. The molecule has 1 amide bonds. The first kappa shape index (κ1) is 12.2. The summed E-state index contributed by atoms with van der Waals surface area (Å²) in [6.45, 7) is 5.88. The second-order valence-corrected chi connectivity index (χ2v) is 4.31. The Morgan fingerprint density at radius 2 is 1.78 bits per heavy atom. The fourth-order valence-corrected chi connectivity index (χ4v) is 1.53. The zero-order chi connectivity index (χ0) is 13.1. The second-order valence-electron chi connectivity index (χ2n) is 4.31. The summed E-state index contributed by atoms with van der Waals surface area (Å²) in [5.41, 5.74) is 4.22.